The first-order chi connectivity index (χ1) is 15.7. The fourth-order valence-corrected chi connectivity index (χ4v) is 4.43. The highest BCUT2D eigenvalue weighted by molar-refractivity contribution is 6.76. The highest BCUT2D eigenvalue weighted by atomic mass is 28.3. The molecule has 0 fully saturated rings. The monoisotopic (exact) mass is 470 g/mol. The molecule has 3 rings (SSSR count). The van der Waals surface area contributed by atoms with Crippen LogP contribution in [0.15, 0.2) is 22.0 Å². The van der Waals surface area contributed by atoms with Crippen molar-refractivity contribution < 1.29 is 4.74 Å². The summed E-state index contributed by atoms with van der Waals surface area (Å²) in [5.41, 5.74) is 0.812. The second-order valence-electron chi connectivity index (χ2n) is 9.41. The molecule has 0 spiro atoms. The molecule has 0 atom stereocenters. The predicted molar refractivity (Wildman–Crippen MR) is 133 cm³/mol. The number of rotatable bonds is 11. The van der Waals surface area contributed by atoms with Gasteiger partial charge in [0.05, 0.1) is 11.8 Å². The number of imidazole rings is 1. The van der Waals surface area contributed by atoms with Gasteiger partial charge in [-0.15, -0.1) is 6.42 Å². The van der Waals surface area contributed by atoms with Crippen LogP contribution in [0.2, 0.25) is 25.7 Å². The third-order valence-corrected chi connectivity index (χ3v) is 7.07. The lowest BCUT2D eigenvalue weighted by Gasteiger charge is -2.16. The Morgan fingerprint density at radius 1 is 1.09 bits per heavy atom. The first-order valence-corrected chi connectivity index (χ1v) is 15.2. The molecule has 9 nitrogen and oxygen atoms in total. The molecule has 0 bridgehead atoms. The Balaban J connectivity index is 2.21. The van der Waals surface area contributed by atoms with E-state index >= 15 is 0 Å². The highest BCUT2D eigenvalue weighted by Gasteiger charge is 2.23. The number of fused-ring (bicyclic) bond motifs is 1. The van der Waals surface area contributed by atoms with E-state index in [-0.39, 0.29) is 18.0 Å². The van der Waals surface area contributed by atoms with Crippen LogP contribution >= 0.6 is 0 Å². The number of terminal acetylenes is 1. The third kappa shape index (κ3) is 5.37. The summed E-state index contributed by atoms with van der Waals surface area (Å²) in [6, 6.07) is 1.01. The molecule has 0 amide bonds. The van der Waals surface area contributed by atoms with Gasteiger partial charge in [-0.05, 0) is 18.9 Å². The molecule has 0 aliphatic rings. The van der Waals surface area contributed by atoms with E-state index in [0.29, 0.717) is 55.2 Å². The zero-order valence-electron chi connectivity index (χ0n) is 20.3. The molecule has 0 N–H and O–H groups in total. The average molecular weight is 471 g/mol. The van der Waals surface area contributed by atoms with E-state index in [2.05, 4.69) is 30.7 Å². The molecule has 33 heavy (non-hydrogen) atoms. The minimum Gasteiger partial charge on any atom is -0.361 e. The maximum Gasteiger partial charge on any atom is 0.332 e. The van der Waals surface area contributed by atoms with E-state index < -0.39 is 8.07 Å². The normalized spacial score (nSPS) is 11.9. The quantitative estimate of drug-likeness (QED) is 0.244. The largest absolute Gasteiger partial charge is 0.361 e. The topological polar surface area (TPSA) is 88.9 Å². The standard InChI is InChI=1S/C23H34N6O3Si/c1-7-10-26-16-18(15-24-26)20-25-21-19(29(20)17-32-13-14-33(4,5)6)22(30)28(12-9-3)23(31)27(21)11-8-2/h1,15-16H,8-14,17H2,2-6H3. The van der Waals surface area contributed by atoms with Crippen molar-refractivity contribution in [3.05, 3.63) is 33.2 Å². The van der Waals surface area contributed by atoms with Crippen LogP contribution in [0, 0.1) is 12.3 Å². The van der Waals surface area contributed by atoms with Crippen LogP contribution in [-0.2, 0) is 31.1 Å². The van der Waals surface area contributed by atoms with Crippen LogP contribution < -0.4 is 11.2 Å². The summed E-state index contributed by atoms with van der Waals surface area (Å²) in [7, 11) is -1.27. The lowest BCUT2D eigenvalue weighted by molar-refractivity contribution is 0.0907. The highest BCUT2D eigenvalue weighted by Crippen LogP contribution is 2.23. The number of hydrogen-bond donors (Lipinski definition) is 0. The third-order valence-electron chi connectivity index (χ3n) is 5.37. The van der Waals surface area contributed by atoms with Gasteiger partial charge < -0.3 is 4.74 Å². The molecule has 0 unspecified atom stereocenters. The Morgan fingerprint density at radius 3 is 2.42 bits per heavy atom. The van der Waals surface area contributed by atoms with Crippen LogP contribution in [0.1, 0.15) is 26.7 Å². The SMILES string of the molecule is C#CCn1cc(-c2nc3c(c(=O)n(CCC)c(=O)n3CCC)n2COCC[Si](C)(C)C)cn1. The molecule has 10 heteroatoms. The molecule has 3 aromatic heterocycles. The Morgan fingerprint density at radius 2 is 1.79 bits per heavy atom. The van der Waals surface area contributed by atoms with Gasteiger partial charge in [-0.3, -0.25) is 23.2 Å². The van der Waals surface area contributed by atoms with Crippen molar-refractivity contribution in [1.29, 1.82) is 0 Å². The van der Waals surface area contributed by atoms with Gasteiger partial charge in [0.25, 0.3) is 5.56 Å². The summed E-state index contributed by atoms with van der Waals surface area (Å²) in [5, 5.41) is 4.30. The van der Waals surface area contributed by atoms with Crippen LogP contribution in [0.5, 0.6) is 0 Å². The summed E-state index contributed by atoms with van der Waals surface area (Å²) in [4.78, 5) is 31.3. The minimum atomic E-state index is -1.27. The number of ether oxygens (including phenoxy) is 1. The summed E-state index contributed by atoms with van der Waals surface area (Å²) in [6.07, 6.45) is 10.3. The molecule has 0 aliphatic carbocycles. The van der Waals surface area contributed by atoms with Gasteiger partial charge in [0.2, 0.25) is 0 Å². The van der Waals surface area contributed by atoms with Crippen LogP contribution in [-0.4, -0.2) is 43.1 Å². The van der Waals surface area contributed by atoms with E-state index in [0.717, 1.165) is 12.5 Å². The smallest absolute Gasteiger partial charge is 0.332 e. The van der Waals surface area contributed by atoms with Gasteiger partial charge in [0.15, 0.2) is 11.2 Å². The van der Waals surface area contributed by atoms with Gasteiger partial charge in [-0.1, -0.05) is 39.4 Å². The summed E-state index contributed by atoms with van der Waals surface area (Å²) in [6.45, 7) is 12.7. The second-order valence-corrected chi connectivity index (χ2v) is 15.0. The van der Waals surface area contributed by atoms with Crippen molar-refractivity contribution in [2.24, 2.45) is 0 Å². The van der Waals surface area contributed by atoms with Crippen molar-refractivity contribution in [2.75, 3.05) is 6.61 Å². The van der Waals surface area contributed by atoms with E-state index in [1.54, 1.807) is 26.2 Å². The Hall–Kier alpha value is -2.90. The van der Waals surface area contributed by atoms with Gasteiger partial charge in [0, 0.05) is 34.0 Å². The Labute approximate surface area is 195 Å². The maximum absolute atomic E-state index is 13.5. The molecule has 3 heterocycles. The molecule has 0 aromatic carbocycles. The molecule has 3 aromatic rings. The van der Waals surface area contributed by atoms with Crippen molar-refractivity contribution >= 4 is 19.2 Å². The fraction of sp³-hybridized carbons (Fsp3) is 0.565. The van der Waals surface area contributed by atoms with Crippen molar-refractivity contribution in [1.82, 2.24) is 28.5 Å². The van der Waals surface area contributed by atoms with E-state index in [9.17, 15) is 9.59 Å². The average Bonchev–Trinajstić information content (AvgIpc) is 3.36. The van der Waals surface area contributed by atoms with Crippen molar-refractivity contribution in [2.45, 2.75) is 78.7 Å². The van der Waals surface area contributed by atoms with E-state index in [4.69, 9.17) is 16.1 Å². The van der Waals surface area contributed by atoms with Gasteiger partial charge >= 0.3 is 5.69 Å². The molecule has 0 saturated carbocycles. The maximum atomic E-state index is 13.5. The second kappa shape index (κ2) is 10.4. The van der Waals surface area contributed by atoms with E-state index in [1.165, 1.54) is 4.57 Å². The zero-order valence-corrected chi connectivity index (χ0v) is 21.3. The summed E-state index contributed by atoms with van der Waals surface area (Å²) >= 11 is 0. The van der Waals surface area contributed by atoms with Gasteiger partial charge in [-0.2, -0.15) is 5.10 Å². The number of aromatic nitrogens is 6. The first-order valence-electron chi connectivity index (χ1n) is 11.5. The first kappa shape index (κ1) is 24.7. The predicted octanol–water partition coefficient (Wildman–Crippen LogP) is 2.99. The number of nitrogens with zero attached hydrogens (tertiary/aromatic N) is 6. The van der Waals surface area contributed by atoms with Gasteiger partial charge in [-0.25, -0.2) is 9.78 Å². The van der Waals surface area contributed by atoms with Gasteiger partial charge in [0.1, 0.15) is 19.1 Å². The van der Waals surface area contributed by atoms with Crippen molar-refractivity contribution in [3.63, 3.8) is 0 Å². The van der Waals surface area contributed by atoms with Crippen molar-refractivity contribution in [3.8, 4) is 23.7 Å². The fourth-order valence-electron chi connectivity index (χ4n) is 3.68. The molecule has 0 radical (unpaired) electrons. The Bertz CT molecular complexity index is 1270. The lowest BCUT2D eigenvalue weighted by atomic mass is 10.3. The molecular formula is C23H34N6O3Si. The molecule has 0 saturated heterocycles. The minimum absolute atomic E-state index is 0.169. The summed E-state index contributed by atoms with van der Waals surface area (Å²) in [5.74, 6) is 3.10. The lowest BCUT2D eigenvalue weighted by Crippen LogP contribution is -2.40. The number of aryl methyl sites for hydroxylation is 1. The van der Waals surface area contributed by atoms with E-state index in [1.807, 2.05) is 13.8 Å². The molecule has 178 valence electrons. The van der Waals surface area contributed by atoms with Crippen LogP contribution in [0.3, 0.4) is 0 Å². The van der Waals surface area contributed by atoms with Crippen LogP contribution in [0.25, 0.3) is 22.6 Å². The summed E-state index contributed by atoms with van der Waals surface area (Å²) < 4.78 is 12.3. The number of hydrogen-bond acceptors (Lipinski definition) is 5. The zero-order chi connectivity index (χ0) is 24.2. The Kier molecular flexibility index (Phi) is 7.76. The molecule has 0 aliphatic heterocycles. The van der Waals surface area contributed by atoms with Crippen LogP contribution in [0.4, 0.5) is 0 Å². The molecular weight excluding hydrogens is 436 g/mol.